The summed E-state index contributed by atoms with van der Waals surface area (Å²) >= 11 is 0. The molecule has 1 heterocycles. The van der Waals surface area contributed by atoms with Crippen LogP contribution in [-0.2, 0) is 0 Å². The minimum Gasteiger partial charge on any atom is -0.493 e. The van der Waals surface area contributed by atoms with Crippen LogP contribution in [0.3, 0.4) is 0 Å². The van der Waals surface area contributed by atoms with Gasteiger partial charge in [-0.25, -0.2) is 0 Å². The molecule has 0 N–H and O–H groups in total. The molecule has 1 fully saturated rings. The maximum atomic E-state index is 5.90. The first-order valence-corrected chi connectivity index (χ1v) is 9.48. The van der Waals surface area contributed by atoms with Gasteiger partial charge in [-0.2, -0.15) is 0 Å². The van der Waals surface area contributed by atoms with Crippen LogP contribution in [0.1, 0.15) is 32.6 Å². The van der Waals surface area contributed by atoms with Crippen molar-refractivity contribution in [2.75, 3.05) is 26.2 Å². The van der Waals surface area contributed by atoms with Crippen molar-refractivity contribution in [3.8, 4) is 17.2 Å². The number of hydrogen-bond donors (Lipinski definition) is 0. The minimum absolute atomic E-state index is 0.762. The maximum absolute atomic E-state index is 5.90. The van der Waals surface area contributed by atoms with E-state index in [4.69, 9.17) is 9.47 Å². The van der Waals surface area contributed by atoms with E-state index in [0.717, 1.165) is 36.2 Å². The predicted molar refractivity (Wildman–Crippen MR) is 103 cm³/mol. The number of nitrogens with zero attached hydrogens (tertiary/aromatic N) is 1. The Kier molecular flexibility index (Phi) is 6.75. The molecule has 3 nitrogen and oxygen atoms in total. The van der Waals surface area contributed by atoms with Crippen LogP contribution in [0.25, 0.3) is 0 Å². The fraction of sp³-hybridized carbons (Fsp3) is 0.455. The summed E-state index contributed by atoms with van der Waals surface area (Å²) in [5, 5.41) is 0. The monoisotopic (exact) mass is 339 g/mol. The highest BCUT2D eigenvalue weighted by atomic mass is 16.5. The first-order valence-electron chi connectivity index (χ1n) is 9.48. The van der Waals surface area contributed by atoms with Crippen LogP contribution in [0.4, 0.5) is 0 Å². The molecule has 0 bridgehead atoms. The predicted octanol–water partition coefficient (Wildman–Crippen LogP) is 5.37. The first-order chi connectivity index (χ1) is 12.3. The molecule has 134 valence electrons. The second-order valence-electron chi connectivity index (χ2n) is 6.99. The molecule has 0 radical (unpaired) electrons. The summed E-state index contributed by atoms with van der Waals surface area (Å²) < 4.78 is 11.7. The molecule has 25 heavy (non-hydrogen) atoms. The van der Waals surface area contributed by atoms with Gasteiger partial charge in [0.25, 0.3) is 0 Å². The molecule has 0 unspecified atom stereocenters. The van der Waals surface area contributed by atoms with Gasteiger partial charge in [-0.1, -0.05) is 31.2 Å². The van der Waals surface area contributed by atoms with Crippen molar-refractivity contribution < 1.29 is 9.47 Å². The Morgan fingerprint density at radius 2 is 1.76 bits per heavy atom. The van der Waals surface area contributed by atoms with E-state index >= 15 is 0 Å². The van der Waals surface area contributed by atoms with Gasteiger partial charge in [0.2, 0.25) is 0 Å². The van der Waals surface area contributed by atoms with E-state index in [0.29, 0.717) is 0 Å². The third-order valence-corrected chi connectivity index (χ3v) is 4.66. The van der Waals surface area contributed by atoms with Crippen LogP contribution in [0.15, 0.2) is 54.6 Å². The van der Waals surface area contributed by atoms with E-state index in [9.17, 15) is 0 Å². The van der Waals surface area contributed by atoms with Gasteiger partial charge in [-0.3, -0.25) is 0 Å². The summed E-state index contributed by atoms with van der Waals surface area (Å²) in [5.74, 6) is 3.39. The van der Waals surface area contributed by atoms with Crippen molar-refractivity contribution in [2.24, 2.45) is 5.92 Å². The molecule has 1 aliphatic rings. The normalized spacial score (nSPS) is 18.0. The number of likely N-dealkylation sites (tertiary alicyclic amines) is 1. The molecule has 1 atom stereocenters. The number of ether oxygens (including phenoxy) is 2. The highest BCUT2D eigenvalue weighted by Crippen LogP contribution is 2.25. The molecular weight excluding hydrogens is 310 g/mol. The van der Waals surface area contributed by atoms with Gasteiger partial charge in [0, 0.05) is 12.6 Å². The number of rotatable bonds is 8. The molecule has 1 saturated heterocycles. The van der Waals surface area contributed by atoms with E-state index in [1.807, 2.05) is 54.6 Å². The number of para-hydroxylation sites is 1. The highest BCUT2D eigenvalue weighted by Gasteiger charge is 2.15. The van der Waals surface area contributed by atoms with E-state index in [1.54, 1.807) is 0 Å². The smallest absolute Gasteiger partial charge is 0.131 e. The van der Waals surface area contributed by atoms with Crippen LogP contribution in [0, 0.1) is 5.92 Å². The molecule has 2 aromatic rings. The van der Waals surface area contributed by atoms with Crippen molar-refractivity contribution in [1.82, 2.24) is 4.90 Å². The van der Waals surface area contributed by atoms with E-state index in [-0.39, 0.29) is 0 Å². The van der Waals surface area contributed by atoms with Crippen LogP contribution >= 0.6 is 0 Å². The Hall–Kier alpha value is -2.00. The summed E-state index contributed by atoms with van der Waals surface area (Å²) in [5.41, 5.74) is 0. The molecule has 3 heteroatoms. The molecule has 1 aliphatic heterocycles. The Labute approximate surface area is 151 Å². The molecular formula is C22H29NO2. The molecule has 0 aliphatic carbocycles. The van der Waals surface area contributed by atoms with Gasteiger partial charge >= 0.3 is 0 Å². The van der Waals surface area contributed by atoms with E-state index in [1.165, 1.54) is 38.9 Å². The Bertz CT molecular complexity index is 629. The number of piperidine rings is 1. The van der Waals surface area contributed by atoms with Gasteiger partial charge in [-0.15, -0.1) is 0 Å². The van der Waals surface area contributed by atoms with Crippen molar-refractivity contribution >= 4 is 0 Å². The average molecular weight is 339 g/mol. The standard InChI is InChI=1S/C22H29NO2/c1-19-9-8-15-23(18-19)14-5-6-16-24-21-12-7-13-22(17-21)25-20-10-3-2-4-11-20/h2-4,7,10-13,17,19H,5-6,8-9,14-16,18H2,1H3/t19-/m1/s1. The maximum Gasteiger partial charge on any atom is 0.131 e. The molecule has 0 aromatic heterocycles. The topological polar surface area (TPSA) is 21.7 Å². The lowest BCUT2D eigenvalue weighted by Crippen LogP contribution is -2.35. The summed E-state index contributed by atoms with van der Waals surface area (Å²) in [6.45, 7) is 6.85. The van der Waals surface area contributed by atoms with Crippen molar-refractivity contribution in [3.05, 3.63) is 54.6 Å². The van der Waals surface area contributed by atoms with E-state index < -0.39 is 0 Å². The average Bonchev–Trinajstić information content (AvgIpc) is 2.63. The van der Waals surface area contributed by atoms with Gasteiger partial charge in [-0.05, 0) is 69.0 Å². The Balaban J connectivity index is 1.37. The summed E-state index contributed by atoms with van der Waals surface area (Å²) in [6.07, 6.45) is 5.04. The molecule has 3 rings (SSSR count). The molecule has 0 saturated carbocycles. The third-order valence-electron chi connectivity index (χ3n) is 4.66. The zero-order valence-corrected chi connectivity index (χ0v) is 15.2. The van der Waals surface area contributed by atoms with Crippen molar-refractivity contribution in [2.45, 2.75) is 32.6 Å². The van der Waals surface area contributed by atoms with Crippen LogP contribution in [-0.4, -0.2) is 31.1 Å². The number of benzene rings is 2. The largest absolute Gasteiger partial charge is 0.493 e. The van der Waals surface area contributed by atoms with Crippen LogP contribution in [0.5, 0.6) is 17.2 Å². The second-order valence-corrected chi connectivity index (χ2v) is 6.99. The zero-order chi connectivity index (χ0) is 17.3. The second kappa shape index (κ2) is 9.47. The lowest BCUT2D eigenvalue weighted by molar-refractivity contribution is 0.177. The van der Waals surface area contributed by atoms with Gasteiger partial charge < -0.3 is 14.4 Å². The SMILES string of the molecule is C[C@@H]1CCCN(CCCCOc2cccc(Oc3ccccc3)c2)C1. The minimum atomic E-state index is 0.762. The van der Waals surface area contributed by atoms with Crippen LogP contribution in [0.2, 0.25) is 0 Å². The fourth-order valence-corrected chi connectivity index (χ4v) is 3.37. The van der Waals surface area contributed by atoms with E-state index in [2.05, 4.69) is 11.8 Å². The molecule has 2 aromatic carbocycles. The van der Waals surface area contributed by atoms with Gasteiger partial charge in [0.15, 0.2) is 0 Å². The van der Waals surface area contributed by atoms with Gasteiger partial charge in [0.1, 0.15) is 17.2 Å². The number of unbranched alkanes of at least 4 members (excludes halogenated alkanes) is 1. The lowest BCUT2D eigenvalue weighted by Gasteiger charge is -2.30. The third kappa shape index (κ3) is 6.09. The first kappa shape index (κ1) is 17.8. The quantitative estimate of drug-likeness (QED) is 0.604. The molecule has 0 amide bonds. The fourth-order valence-electron chi connectivity index (χ4n) is 3.37. The highest BCUT2D eigenvalue weighted by molar-refractivity contribution is 5.36. The zero-order valence-electron chi connectivity index (χ0n) is 15.2. The number of hydrogen-bond acceptors (Lipinski definition) is 3. The van der Waals surface area contributed by atoms with Crippen LogP contribution < -0.4 is 9.47 Å². The Morgan fingerprint density at radius 3 is 2.60 bits per heavy atom. The van der Waals surface area contributed by atoms with Crippen molar-refractivity contribution in [1.29, 1.82) is 0 Å². The van der Waals surface area contributed by atoms with Crippen molar-refractivity contribution in [3.63, 3.8) is 0 Å². The summed E-state index contributed by atoms with van der Waals surface area (Å²) in [7, 11) is 0. The summed E-state index contributed by atoms with van der Waals surface area (Å²) in [6, 6.07) is 17.7. The lowest BCUT2D eigenvalue weighted by atomic mass is 10.0. The summed E-state index contributed by atoms with van der Waals surface area (Å²) in [4.78, 5) is 2.60. The Morgan fingerprint density at radius 1 is 0.960 bits per heavy atom. The molecule has 0 spiro atoms. The van der Waals surface area contributed by atoms with Gasteiger partial charge in [0.05, 0.1) is 6.61 Å².